The van der Waals surface area contributed by atoms with E-state index >= 15 is 0 Å². The molecule has 4 N–H and O–H groups in total. The molecule has 0 atom stereocenters. The fourth-order valence-electron chi connectivity index (χ4n) is 1.81. The Morgan fingerprint density at radius 3 is 2.32 bits per heavy atom. The number of carbonyl (C=O) groups excluding carboxylic acids is 1. The van der Waals surface area contributed by atoms with Crippen molar-refractivity contribution in [1.29, 1.82) is 0 Å². The van der Waals surface area contributed by atoms with Crippen LogP contribution in [0.3, 0.4) is 0 Å². The van der Waals surface area contributed by atoms with Crippen LogP contribution in [0.1, 0.15) is 11.4 Å². The van der Waals surface area contributed by atoms with Crippen LogP contribution in [0.5, 0.6) is 0 Å². The van der Waals surface area contributed by atoms with Crippen molar-refractivity contribution in [2.75, 3.05) is 11.1 Å². The predicted molar refractivity (Wildman–Crippen MR) is 81.7 cm³/mol. The highest BCUT2D eigenvalue weighted by Gasteiger charge is 2.20. The molecule has 1 aromatic carbocycles. The molecule has 2 rings (SSSR count). The van der Waals surface area contributed by atoms with Gasteiger partial charge in [0.2, 0.25) is 5.95 Å². The number of nitrogens with two attached hydrogens (primary N) is 1. The van der Waals surface area contributed by atoms with Crippen LogP contribution in [-0.4, -0.2) is 24.4 Å². The van der Waals surface area contributed by atoms with Crippen molar-refractivity contribution in [1.82, 2.24) is 14.7 Å². The number of carbonyl (C=O) groups is 1. The van der Waals surface area contributed by atoms with Gasteiger partial charge in [0.25, 0.3) is 10.0 Å². The van der Waals surface area contributed by atoms with E-state index in [4.69, 9.17) is 5.73 Å². The van der Waals surface area contributed by atoms with Crippen molar-refractivity contribution in [3.05, 3.63) is 41.7 Å². The summed E-state index contributed by atoms with van der Waals surface area (Å²) in [7, 11) is -4.07. The summed E-state index contributed by atoms with van der Waals surface area (Å²) < 4.78 is 26.1. The number of urea groups is 1. The molecule has 2 aromatic rings. The van der Waals surface area contributed by atoms with Crippen molar-refractivity contribution in [2.24, 2.45) is 0 Å². The maximum absolute atomic E-state index is 12.1. The maximum Gasteiger partial charge on any atom is 0.335 e. The molecular weight excluding hydrogens is 306 g/mol. The minimum Gasteiger partial charge on any atom is -0.398 e. The van der Waals surface area contributed by atoms with Crippen molar-refractivity contribution in [2.45, 2.75) is 18.7 Å². The topological polar surface area (TPSA) is 127 Å². The molecule has 0 saturated carbocycles. The number of para-hydroxylation sites is 1. The Hall–Kier alpha value is -2.68. The maximum atomic E-state index is 12.1. The highest BCUT2D eigenvalue weighted by Crippen LogP contribution is 2.16. The zero-order valence-corrected chi connectivity index (χ0v) is 12.8. The lowest BCUT2D eigenvalue weighted by Gasteiger charge is -2.10. The summed E-state index contributed by atoms with van der Waals surface area (Å²) in [6.07, 6.45) is 0. The second-order valence-electron chi connectivity index (χ2n) is 4.57. The normalized spacial score (nSPS) is 11.0. The zero-order chi connectivity index (χ0) is 16.3. The van der Waals surface area contributed by atoms with E-state index in [9.17, 15) is 13.2 Å². The van der Waals surface area contributed by atoms with Gasteiger partial charge in [-0.1, -0.05) is 12.1 Å². The number of amides is 2. The van der Waals surface area contributed by atoms with Crippen molar-refractivity contribution >= 4 is 27.7 Å². The Kier molecular flexibility index (Phi) is 4.27. The lowest BCUT2D eigenvalue weighted by molar-refractivity contribution is 0.256. The molecule has 8 nitrogen and oxygen atoms in total. The number of nitrogens with zero attached hydrogens (tertiary/aromatic N) is 2. The Bertz CT molecular complexity index is 800. The molecule has 0 spiro atoms. The first-order chi connectivity index (χ1) is 10.3. The molecule has 0 saturated heterocycles. The number of hydrogen-bond acceptors (Lipinski definition) is 6. The molecule has 0 aliphatic rings. The first-order valence-corrected chi connectivity index (χ1v) is 7.77. The number of rotatable bonds is 3. The van der Waals surface area contributed by atoms with Gasteiger partial charge in [-0.15, -0.1) is 0 Å². The quantitative estimate of drug-likeness (QED) is 0.729. The summed E-state index contributed by atoms with van der Waals surface area (Å²) in [5.41, 5.74) is 6.95. The molecule has 0 aliphatic carbocycles. The average Bonchev–Trinajstić information content (AvgIpc) is 2.36. The monoisotopic (exact) mass is 321 g/mol. The van der Waals surface area contributed by atoms with Crippen molar-refractivity contribution in [3.8, 4) is 0 Å². The number of hydrogen-bond donors (Lipinski definition) is 3. The van der Waals surface area contributed by atoms with Crippen LogP contribution in [0.15, 0.2) is 35.2 Å². The van der Waals surface area contributed by atoms with Gasteiger partial charge in [0, 0.05) is 11.4 Å². The predicted octanol–water partition coefficient (Wildman–Crippen LogP) is 1.19. The van der Waals surface area contributed by atoms with Gasteiger partial charge in [-0.3, -0.25) is 5.32 Å². The molecule has 1 heterocycles. The standard InChI is InChI=1S/C13H15N5O3S/c1-8-7-9(2)16-12(15-8)17-13(19)18-22(20,21)11-6-4-3-5-10(11)14/h3-7H,14H2,1-2H3,(H2,15,16,17,18,19). The minimum atomic E-state index is -4.07. The fraction of sp³-hybridized carbons (Fsp3) is 0.154. The number of nitrogen functional groups attached to an aromatic ring is 1. The molecule has 116 valence electrons. The van der Waals surface area contributed by atoms with Gasteiger partial charge < -0.3 is 5.73 Å². The summed E-state index contributed by atoms with van der Waals surface area (Å²) in [5.74, 6) is 0.0197. The van der Waals surface area contributed by atoms with Gasteiger partial charge in [0.1, 0.15) is 4.90 Å². The molecule has 0 bridgehead atoms. The van der Waals surface area contributed by atoms with Gasteiger partial charge in [-0.2, -0.15) is 0 Å². The van der Waals surface area contributed by atoms with Gasteiger partial charge in [-0.25, -0.2) is 27.9 Å². The molecule has 22 heavy (non-hydrogen) atoms. The van der Waals surface area contributed by atoms with Crippen LogP contribution in [0.2, 0.25) is 0 Å². The summed E-state index contributed by atoms with van der Waals surface area (Å²) in [6, 6.07) is 6.60. The summed E-state index contributed by atoms with van der Waals surface area (Å²) in [5, 5.41) is 2.28. The number of aryl methyl sites for hydroxylation is 2. The number of anilines is 2. The van der Waals surface area contributed by atoms with Crippen LogP contribution in [0, 0.1) is 13.8 Å². The van der Waals surface area contributed by atoms with Crippen LogP contribution in [0.4, 0.5) is 16.4 Å². The number of benzene rings is 1. The zero-order valence-electron chi connectivity index (χ0n) is 12.0. The van der Waals surface area contributed by atoms with E-state index in [1.165, 1.54) is 18.2 Å². The van der Waals surface area contributed by atoms with E-state index < -0.39 is 16.1 Å². The van der Waals surface area contributed by atoms with E-state index in [-0.39, 0.29) is 16.5 Å². The second kappa shape index (κ2) is 5.98. The first kappa shape index (κ1) is 15.7. The summed E-state index contributed by atoms with van der Waals surface area (Å²) in [4.78, 5) is 19.6. The van der Waals surface area contributed by atoms with E-state index in [0.717, 1.165) is 0 Å². The Morgan fingerprint density at radius 1 is 1.14 bits per heavy atom. The van der Waals surface area contributed by atoms with Crippen LogP contribution >= 0.6 is 0 Å². The van der Waals surface area contributed by atoms with E-state index in [1.807, 2.05) is 4.72 Å². The second-order valence-corrected chi connectivity index (χ2v) is 6.22. The van der Waals surface area contributed by atoms with E-state index in [2.05, 4.69) is 15.3 Å². The number of aromatic nitrogens is 2. The molecule has 0 fully saturated rings. The molecule has 9 heteroatoms. The molecular formula is C13H15N5O3S. The van der Waals surface area contributed by atoms with Gasteiger partial charge in [0.05, 0.1) is 5.69 Å². The third-order valence-electron chi connectivity index (χ3n) is 2.64. The fourth-order valence-corrected chi connectivity index (χ4v) is 2.85. The number of nitrogens with one attached hydrogen (secondary N) is 2. The lowest BCUT2D eigenvalue weighted by Crippen LogP contribution is -2.35. The lowest BCUT2D eigenvalue weighted by atomic mass is 10.3. The third kappa shape index (κ3) is 3.70. The highest BCUT2D eigenvalue weighted by atomic mass is 32.2. The van der Waals surface area contributed by atoms with Crippen LogP contribution < -0.4 is 15.8 Å². The van der Waals surface area contributed by atoms with Crippen LogP contribution in [-0.2, 0) is 10.0 Å². The van der Waals surface area contributed by atoms with Gasteiger partial charge >= 0.3 is 6.03 Å². The third-order valence-corrected chi connectivity index (χ3v) is 4.05. The molecule has 0 aliphatic heterocycles. The van der Waals surface area contributed by atoms with E-state index in [0.29, 0.717) is 11.4 Å². The smallest absolute Gasteiger partial charge is 0.335 e. The van der Waals surface area contributed by atoms with Gasteiger partial charge in [-0.05, 0) is 32.0 Å². The van der Waals surface area contributed by atoms with Crippen molar-refractivity contribution in [3.63, 3.8) is 0 Å². The number of sulfonamides is 1. The van der Waals surface area contributed by atoms with Crippen molar-refractivity contribution < 1.29 is 13.2 Å². The molecule has 1 aromatic heterocycles. The first-order valence-electron chi connectivity index (χ1n) is 6.28. The molecule has 0 unspecified atom stereocenters. The largest absolute Gasteiger partial charge is 0.398 e. The SMILES string of the molecule is Cc1cc(C)nc(NC(=O)NS(=O)(=O)c2ccccc2N)n1. The van der Waals surface area contributed by atoms with Crippen LogP contribution in [0.25, 0.3) is 0 Å². The molecule has 2 amide bonds. The summed E-state index contributed by atoms with van der Waals surface area (Å²) >= 11 is 0. The Morgan fingerprint density at radius 2 is 1.73 bits per heavy atom. The molecule has 0 radical (unpaired) electrons. The Labute approximate surface area is 127 Å². The average molecular weight is 321 g/mol. The van der Waals surface area contributed by atoms with E-state index in [1.54, 1.807) is 26.0 Å². The van der Waals surface area contributed by atoms with Gasteiger partial charge in [0.15, 0.2) is 0 Å². The Balaban J connectivity index is 2.16. The highest BCUT2D eigenvalue weighted by molar-refractivity contribution is 7.90. The summed E-state index contributed by atoms with van der Waals surface area (Å²) in [6.45, 7) is 3.47. The minimum absolute atomic E-state index is 0.0197.